The van der Waals surface area contributed by atoms with Gasteiger partial charge in [0.1, 0.15) is 5.69 Å². The van der Waals surface area contributed by atoms with Crippen LogP contribution in [0.3, 0.4) is 0 Å². The van der Waals surface area contributed by atoms with E-state index in [9.17, 15) is 0 Å². The number of thiazole rings is 1. The van der Waals surface area contributed by atoms with Gasteiger partial charge in [0.05, 0.1) is 16.0 Å². The molecule has 0 spiro atoms. The number of benzene rings is 1. The third kappa shape index (κ3) is 1.73. The maximum absolute atomic E-state index is 4.72. The summed E-state index contributed by atoms with van der Waals surface area (Å²) in [5.74, 6) is 0.968. The molecule has 92 valence electrons. The Morgan fingerprint density at radius 1 is 1.17 bits per heavy atom. The highest BCUT2D eigenvalue weighted by atomic mass is 32.1. The Kier molecular flexibility index (Phi) is 2.67. The predicted molar refractivity (Wildman–Crippen MR) is 76.0 cm³/mol. The quantitative estimate of drug-likeness (QED) is 0.693. The second-order valence-electron chi connectivity index (χ2n) is 4.64. The monoisotopic (exact) mass is 257 g/mol. The summed E-state index contributed by atoms with van der Waals surface area (Å²) >= 11 is 1.67. The molecular weight excluding hydrogens is 242 g/mol. The van der Waals surface area contributed by atoms with Gasteiger partial charge in [0.2, 0.25) is 0 Å². The van der Waals surface area contributed by atoms with Gasteiger partial charge in [-0.15, -0.1) is 11.3 Å². The molecule has 0 N–H and O–H groups in total. The number of rotatable bonds is 2. The lowest BCUT2D eigenvalue weighted by molar-refractivity contribution is 0.623. The van der Waals surface area contributed by atoms with Gasteiger partial charge in [0.25, 0.3) is 0 Å². The van der Waals surface area contributed by atoms with E-state index < -0.39 is 0 Å². The summed E-state index contributed by atoms with van der Waals surface area (Å²) in [6, 6.07) is 8.62. The van der Waals surface area contributed by atoms with E-state index in [4.69, 9.17) is 4.98 Å². The first-order chi connectivity index (χ1) is 8.66. The van der Waals surface area contributed by atoms with Crippen molar-refractivity contribution in [2.45, 2.75) is 26.8 Å². The Labute approximate surface area is 110 Å². The van der Waals surface area contributed by atoms with Crippen LogP contribution < -0.4 is 0 Å². The molecule has 4 heteroatoms. The number of para-hydroxylation sites is 2. The van der Waals surface area contributed by atoms with Crippen molar-refractivity contribution in [1.29, 1.82) is 0 Å². The molecule has 0 saturated carbocycles. The highest BCUT2D eigenvalue weighted by Crippen LogP contribution is 2.28. The maximum atomic E-state index is 4.72. The lowest BCUT2D eigenvalue weighted by Crippen LogP contribution is -2.03. The van der Waals surface area contributed by atoms with Crippen molar-refractivity contribution in [2.75, 3.05) is 0 Å². The highest BCUT2D eigenvalue weighted by molar-refractivity contribution is 7.09. The molecule has 0 bridgehead atoms. The molecular formula is C14H15N3S. The molecule has 18 heavy (non-hydrogen) atoms. The molecule has 1 aromatic carbocycles. The number of fused-ring (bicyclic) bond motifs is 1. The Bertz CT molecular complexity index is 694. The summed E-state index contributed by atoms with van der Waals surface area (Å²) in [4.78, 5) is 9.28. The van der Waals surface area contributed by atoms with E-state index in [0.717, 1.165) is 22.0 Å². The van der Waals surface area contributed by atoms with Crippen molar-refractivity contribution in [3.8, 4) is 11.5 Å². The number of hydrogen-bond donors (Lipinski definition) is 0. The van der Waals surface area contributed by atoms with E-state index in [-0.39, 0.29) is 0 Å². The molecule has 0 fully saturated rings. The number of nitrogens with zero attached hydrogens (tertiary/aromatic N) is 3. The normalized spacial score (nSPS) is 11.6. The predicted octanol–water partition coefficient (Wildman–Crippen LogP) is 4.05. The Balaban J connectivity index is 2.31. The van der Waals surface area contributed by atoms with E-state index in [2.05, 4.69) is 47.0 Å². The fraction of sp³-hybridized carbons (Fsp3) is 0.286. The van der Waals surface area contributed by atoms with E-state index >= 15 is 0 Å². The Morgan fingerprint density at radius 3 is 2.61 bits per heavy atom. The molecule has 3 rings (SSSR count). The van der Waals surface area contributed by atoms with Gasteiger partial charge >= 0.3 is 0 Å². The first-order valence-corrected chi connectivity index (χ1v) is 6.94. The zero-order valence-corrected chi connectivity index (χ0v) is 11.5. The van der Waals surface area contributed by atoms with Crippen molar-refractivity contribution in [1.82, 2.24) is 14.5 Å². The van der Waals surface area contributed by atoms with Crippen LogP contribution in [0.15, 0.2) is 29.6 Å². The average molecular weight is 257 g/mol. The number of hydrogen-bond acceptors (Lipinski definition) is 3. The van der Waals surface area contributed by atoms with Crippen LogP contribution in [0.5, 0.6) is 0 Å². The van der Waals surface area contributed by atoms with Crippen molar-refractivity contribution < 1.29 is 0 Å². The smallest absolute Gasteiger partial charge is 0.160 e. The second-order valence-corrected chi connectivity index (χ2v) is 5.70. The van der Waals surface area contributed by atoms with Gasteiger partial charge in [0, 0.05) is 11.4 Å². The van der Waals surface area contributed by atoms with Crippen LogP contribution in [0.1, 0.15) is 24.9 Å². The number of aryl methyl sites for hydroxylation is 1. The molecule has 0 atom stereocenters. The van der Waals surface area contributed by atoms with Crippen LogP contribution in [-0.4, -0.2) is 14.5 Å². The van der Waals surface area contributed by atoms with E-state index in [1.165, 1.54) is 5.52 Å². The summed E-state index contributed by atoms with van der Waals surface area (Å²) in [5.41, 5.74) is 3.18. The Morgan fingerprint density at radius 2 is 1.94 bits per heavy atom. The Hall–Kier alpha value is -1.68. The molecule has 0 radical (unpaired) electrons. The summed E-state index contributed by atoms with van der Waals surface area (Å²) in [5, 5.41) is 3.16. The topological polar surface area (TPSA) is 30.7 Å². The van der Waals surface area contributed by atoms with Crippen LogP contribution in [-0.2, 0) is 0 Å². The van der Waals surface area contributed by atoms with Crippen LogP contribution in [0.4, 0.5) is 0 Å². The highest BCUT2D eigenvalue weighted by Gasteiger charge is 2.16. The third-order valence-electron chi connectivity index (χ3n) is 2.96. The summed E-state index contributed by atoms with van der Waals surface area (Å²) in [6.45, 7) is 6.38. The molecule has 2 heterocycles. The summed E-state index contributed by atoms with van der Waals surface area (Å²) in [7, 11) is 0. The third-order valence-corrected chi connectivity index (χ3v) is 3.73. The molecule has 2 aromatic heterocycles. The fourth-order valence-electron chi connectivity index (χ4n) is 2.21. The molecule has 0 unspecified atom stereocenters. The molecule has 0 amide bonds. The second kappa shape index (κ2) is 4.21. The van der Waals surface area contributed by atoms with Crippen molar-refractivity contribution in [3.63, 3.8) is 0 Å². The molecule has 0 saturated heterocycles. The SMILES string of the molecule is Cc1nc(-c2nc3ccccc3n2C(C)C)cs1. The minimum atomic E-state index is 0.370. The van der Waals surface area contributed by atoms with Gasteiger partial charge in [0.15, 0.2) is 5.82 Å². The van der Waals surface area contributed by atoms with Gasteiger partial charge < -0.3 is 4.57 Å². The minimum absolute atomic E-state index is 0.370. The van der Waals surface area contributed by atoms with Crippen LogP contribution in [0.2, 0.25) is 0 Å². The van der Waals surface area contributed by atoms with Crippen LogP contribution in [0, 0.1) is 6.92 Å². The molecule has 0 aliphatic carbocycles. The average Bonchev–Trinajstić information content (AvgIpc) is 2.91. The van der Waals surface area contributed by atoms with Gasteiger partial charge in [-0.25, -0.2) is 9.97 Å². The van der Waals surface area contributed by atoms with E-state index in [1.54, 1.807) is 11.3 Å². The number of aromatic nitrogens is 3. The van der Waals surface area contributed by atoms with Crippen LogP contribution in [0.25, 0.3) is 22.6 Å². The molecule has 3 aromatic rings. The molecule has 3 nitrogen and oxygen atoms in total. The van der Waals surface area contributed by atoms with E-state index in [1.807, 2.05) is 13.0 Å². The zero-order valence-electron chi connectivity index (χ0n) is 10.7. The van der Waals surface area contributed by atoms with Crippen LogP contribution >= 0.6 is 11.3 Å². The first-order valence-electron chi connectivity index (χ1n) is 6.06. The molecule has 0 aliphatic heterocycles. The summed E-state index contributed by atoms with van der Waals surface area (Å²) in [6.07, 6.45) is 0. The fourth-order valence-corrected chi connectivity index (χ4v) is 2.81. The number of imidazole rings is 1. The van der Waals surface area contributed by atoms with Gasteiger partial charge in [-0.05, 0) is 32.9 Å². The van der Waals surface area contributed by atoms with Gasteiger partial charge in [-0.2, -0.15) is 0 Å². The largest absolute Gasteiger partial charge is 0.320 e. The standard InChI is InChI=1S/C14H15N3S/c1-9(2)17-13-7-5-4-6-11(13)16-14(17)12-8-18-10(3)15-12/h4-9H,1-3H3. The zero-order chi connectivity index (χ0) is 12.7. The van der Waals surface area contributed by atoms with Crippen molar-refractivity contribution >= 4 is 22.4 Å². The first kappa shape index (κ1) is 11.4. The maximum Gasteiger partial charge on any atom is 0.160 e. The lowest BCUT2D eigenvalue weighted by Gasteiger charge is -2.11. The van der Waals surface area contributed by atoms with Crippen molar-refractivity contribution in [2.24, 2.45) is 0 Å². The minimum Gasteiger partial charge on any atom is -0.320 e. The van der Waals surface area contributed by atoms with Gasteiger partial charge in [-0.1, -0.05) is 12.1 Å². The molecule has 0 aliphatic rings. The lowest BCUT2D eigenvalue weighted by atomic mass is 10.3. The summed E-state index contributed by atoms with van der Waals surface area (Å²) < 4.78 is 2.25. The van der Waals surface area contributed by atoms with Crippen molar-refractivity contribution in [3.05, 3.63) is 34.7 Å². The van der Waals surface area contributed by atoms with E-state index in [0.29, 0.717) is 6.04 Å². The van der Waals surface area contributed by atoms with Gasteiger partial charge in [-0.3, -0.25) is 0 Å².